The predicted octanol–water partition coefficient (Wildman–Crippen LogP) is -1.11. The molecule has 0 saturated carbocycles. The Morgan fingerprint density at radius 1 is 1.14 bits per heavy atom. The van der Waals surface area contributed by atoms with Crippen LogP contribution in [0.2, 0.25) is 0 Å². The molecule has 0 aromatic heterocycles. The molecule has 0 bridgehead atoms. The lowest BCUT2D eigenvalue weighted by Crippen LogP contribution is -2.54. The molecule has 0 fully saturated rings. The minimum absolute atomic E-state index is 0.104. The molecule has 0 spiro atoms. The van der Waals surface area contributed by atoms with Crippen LogP contribution in [-0.4, -0.2) is 46.6 Å². The van der Waals surface area contributed by atoms with E-state index in [0.717, 1.165) is 0 Å². The normalized spacial score (nSPS) is 13.3. The van der Waals surface area contributed by atoms with Gasteiger partial charge in [-0.05, 0) is 12.3 Å². The second-order valence-electron chi connectivity index (χ2n) is 4.97. The lowest BCUT2D eigenvalue weighted by molar-refractivity contribution is -0.140. The Balaban J connectivity index is 4.87. The third-order valence-corrected chi connectivity index (χ3v) is 2.83. The summed E-state index contributed by atoms with van der Waals surface area (Å²) >= 11 is 3.73. The Morgan fingerprint density at radius 2 is 1.71 bits per heavy atom. The van der Waals surface area contributed by atoms with E-state index in [9.17, 15) is 19.2 Å². The fraction of sp³-hybridized carbons (Fsp3) is 0.667. The summed E-state index contributed by atoms with van der Waals surface area (Å²) in [5, 5.41) is 13.4. The number of carboxylic acids is 1. The number of hydrogen-bond donors (Lipinski definition) is 5. The van der Waals surface area contributed by atoms with Crippen molar-refractivity contribution in [2.45, 2.75) is 38.8 Å². The van der Waals surface area contributed by atoms with E-state index in [2.05, 4.69) is 23.3 Å². The van der Waals surface area contributed by atoms with Crippen LogP contribution < -0.4 is 16.4 Å². The summed E-state index contributed by atoms with van der Waals surface area (Å²) in [5.74, 6) is -3.40. The molecule has 21 heavy (non-hydrogen) atoms. The second-order valence-corrected chi connectivity index (χ2v) is 5.29. The molecule has 5 N–H and O–H groups in total. The van der Waals surface area contributed by atoms with Gasteiger partial charge in [0.25, 0.3) is 0 Å². The van der Waals surface area contributed by atoms with Crippen molar-refractivity contribution in [1.29, 1.82) is 0 Å². The summed E-state index contributed by atoms with van der Waals surface area (Å²) in [6, 6.07) is -2.20. The zero-order valence-electron chi connectivity index (χ0n) is 12.0. The molecule has 3 amide bonds. The SMILES string of the molecule is CC(C)C[C@H](NC(=O)[C@H](CC(=O)O)NC(=O)CS)C(N)=O. The number of carbonyl (C=O) groups excluding carboxylic acids is 3. The number of nitrogens with one attached hydrogen (secondary N) is 2. The summed E-state index contributed by atoms with van der Waals surface area (Å²) in [5.41, 5.74) is 5.19. The number of nitrogens with two attached hydrogens (primary N) is 1. The predicted molar refractivity (Wildman–Crippen MR) is 78.6 cm³/mol. The third-order valence-electron chi connectivity index (χ3n) is 2.54. The van der Waals surface area contributed by atoms with E-state index in [1.165, 1.54) is 0 Å². The van der Waals surface area contributed by atoms with E-state index in [0.29, 0.717) is 6.42 Å². The summed E-state index contributed by atoms with van der Waals surface area (Å²) in [6.07, 6.45) is -0.278. The largest absolute Gasteiger partial charge is 0.481 e. The molecular formula is C12H21N3O5S. The van der Waals surface area contributed by atoms with Gasteiger partial charge in [0, 0.05) is 0 Å². The maximum absolute atomic E-state index is 12.0. The first-order chi connectivity index (χ1) is 9.67. The van der Waals surface area contributed by atoms with Gasteiger partial charge in [-0.3, -0.25) is 19.2 Å². The van der Waals surface area contributed by atoms with E-state index in [4.69, 9.17) is 10.8 Å². The molecule has 0 aliphatic carbocycles. The van der Waals surface area contributed by atoms with Crippen LogP contribution in [0.4, 0.5) is 0 Å². The van der Waals surface area contributed by atoms with Crippen LogP contribution in [0.25, 0.3) is 0 Å². The second kappa shape index (κ2) is 9.22. The Labute approximate surface area is 128 Å². The van der Waals surface area contributed by atoms with E-state index < -0.39 is 42.2 Å². The summed E-state index contributed by atoms with van der Waals surface area (Å²) in [7, 11) is 0. The average Bonchev–Trinajstić information content (AvgIpc) is 2.35. The minimum atomic E-state index is -1.28. The lowest BCUT2D eigenvalue weighted by Gasteiger charge is -2.21. The van der Waals surface area contributed by atoms with Crippen LogP contribution in [0.5, 0.6) is 0 Å². The van der Waals surface area contributed by atoms with Crippen LogP contribution in [0.1, 0.15) is 26.7 Å². The number of carbonyl (C=O) groups is 4. The van der Waals surface area contributed by atoms with Crippen molar-refractivity contribution in [3.05, 3.63) is 0 Å². The van der Waals surface area contributed by atoms with Crippen LogP contribution in [0, 0.1) is 5.92 Å². The molecule has 0 aliphatic heterocycles. The van der Waals surface area contributed by atoms with E-state index in [-0.39, 0.29) is 11.7 Å². The summed E-state index contributed by atoms with van der Waals surface area (Å²) in [6.45, 7) is 3.69. The number of amides is 3. The first-order valence-electron chi connectivity index (χ1n) is 6.39. The maximum atomic E-state index is 12.0. The summed E-state index contributed by atoms with van der Waals surface area (Å²) in [4.78, 5) is 45.3. The van der Waals surface area contributed by atoms with Crippen molar-refractivity contribution in [2.75, 3.05) is 5.75 Å². The Bertz CT molecular complexity index is 414. The van der Waals surface area contributed by atoms with Gasteiger partial charge in [-0.2, -0.15) is 12.6 Å². The number of primary amides is 1. The van der Waals surface area contributed by atoms with Crippen molar-refractivity contribution < 1.29 is 24.3 Å². The quantitative estimate of drug-likeness (QED) is 0.343. The van der Waals surface area contributed by atoms with Gasteiger partial charge in [0.2, 0.25) is 17.7 Å². The molecule has 0 heterocycles. The van der Waals surface area contributed by atoms with Gasteiger partial charge < -0.3 is 21.5 Å². The van der Waals surface area contributed by atoms with Crippen LogP contribution in [-0.2, 0) is 19.2 Å². The molecule has 0 radical (unpaired) electrons. The van der Waals surface area contributed by atoms with Crippen molar-refractivity contribution in [3.8, 4) is 0 Å². The molecule has 0 saturated heterocycles. The number of aliphatic carboxylic acids is 1. The van der Waals surface area contributed by atoms with Gasteiger partial charge >= 0.3 is 5.97 Å². The molecule has 2 atom stereocenters. The van der Waals surface area contributed by atoms with Gasteiger partial charge in [-0.25, -0.2) is 0 Å². The van der Waals surface area contributed by atoms with Crippen LogP contribution >= 0.6 is 12.6 Å². The van der Waals surface area contributed by atoms with Crippen molar-refractivity contribution in [1.82, 2.24) is 10.6 Å². The highest BCUT2D eigenvalue weighted by molar-refractivity contribution is 7.81. The van der Waals surface area contributed by atoms with Gasteiger partial charge in [0.1, 0.15) is 12.1 Å². The molecular weight excluding hydrogens is 298 g/mol. The zero-order valence-corrected chi connectivity index (χ0v) is 12.9. The Hall–Kier alpha value is -1.77. The Morgan fingerprint density at radius 3 is 2.10 bits per heavy atom. The van der Waals surface area contributed by atoms with Crippen LogP contribution in [0.15, 0.2) is 0 Å². The number of rotatable bonds is 9. The third kappa shape index (κ3) is 8.18. The monoisotopic (exact) mass is 319 g/mol. The smallest absolute Gasteiger partial charge is 0.305 e. The van der Waals surface area contributed by atoms with Gasteiger partial charge in [0.15, 0.2) is 0 Å². The fourth-order valence-electron chi connectivity index (χ4n) is 1.61. The van der Waals surface area contributed by atoms with Crippen molar-refractivity contribution >= 4 is 36.3 Å². The van der Waals surface area contributed by atoms with Crippen molar-refractivity contribution in [2.24, 2.45) is 11.7 Å². The highest BCUT2D eigenvalue weighted by atomic mass is 32.1. The average molecular weight is 319 g/mol. The maximum Gasteiger partial charge on any atom is 0.305 e. The fourth-order valence-corrected chi connectivity index (χ4v) is 1.71. The molecule has 120 valence electrons. The van der Waals surface area contributed by atoms with Gasteiger partial charge in [0.05, 0.1) is 12.2 Å². The molecule has 0 aromatic carbocycles. The van der Waals surface area contributed by atoms with Gasteiger partial charge in [-0.1, -0.05) is 13.8 Å². The van der Waals surface area contributed by atoms with Gasteiger partial charge in [-0.15, -0.1) is 0 Å². The topological polar surface area (TPSA) is 139 Å². The Kier molecular flexibility index (Phi) is 8.44. The highest BCUT2D eigenvalue weighted by Crippen LogP contribution is 2.05. The number of thiol groups is 1. The first kappa shape index (κ1) is 19.2. The van der Waals surface area contributed by atoms with E-state index >= 15 is 0 Å². The molecule has 9 heteroatoms. The standard InChI is InChI=1S/C12H21N3O5S/c1-6(2)3-7(11(13)19)15-12(20)8(4-10(17)18)14-9(16)5-21/h6-8,21H,3-5H2,1-2H3,(H2,13,19)(H,14,16)(H,15,20)(H,17,18)/t7-,8-/m0/s1. The molecule has 8 nitrogen and oxygen atoms in total. The molecule has 0 unspecified atom stereocenters. The molecule has 0 rings (SSSR count). The lowest BCUT2D eigenvalue weighted by atomic mass is 10.0. The van der Waals surface area contributed by atoms with E-state index in [1.54, 1.807) is 0 Å². The van der Waals surface area contributed by atoms with E-state index in [1.807, 2.05) is 13.8 Å². The first-order valence-corrected chi connectivity index (χ1v) is 7.02. The van der Waals surface area contributed by atoms with Crippen molar-refractivity contribution in [3.63, 3.8) is 0 Å². The molecule has 0 aromatic rings. The highest BCUT2D eigenvalue weighted by Gasteiger charge is 2.27. The van der Waals surface area contributed by atoms with Crippen LogP contribution in [0.3, 0.4) is 0 Å². The number of hydrogen-bond acceptors (Lipinski definition) is 5. The number of carboxylic acid groups (broad SMARTS) is 1. The summed E-state index contributed by atoms with van der Waals surface area (Å²) < 4.78 is 0. The molecule has 0 aliphatic rings. The minimum Gasteiger partial charge on any atom is -0.481 e. The zero-order chi connectivity index (χ0) is 16.6.